The monoisotopic (exact) mass is 568 g/mol. The number of carbonyl (C=O) groups excluding carboxylic acids is 3. The van der Waals surface area contributed by atoms with Gasteiger partial charge in [0.25, 0.3) is 11.8 Å². The maximum Gasteiger partial charge on any atom is 0.322 e. The maximum atomic E-state index is 13.0. The predicted molar refractivity (Wildman–Crippen MR) is 152 cm³/mol. The van der Waals surface area contributed by atoms with Crippen LogP contribution in [0.15, 0.2) is 48.5 Å². The van der Waals surface area contributed by atoms with E-state index in [1.165, 1.54) is 11.9 Å². The first-order valence-electron chi connectivity index (χ1n) is 13.8. The number of carboxylic acids is 1. The van der Waals surface area contributed by atoms with E-state index in [4.69, 9.17) is 4.74 Å². The van der Waals surface area contributed by atoms with Crippen LogP contribution in [0, 0.1) is 5.92 Å². The number of aliphatic hydroxyl groups excluding tert-OH is 1. The fourth-order valence-electron chi connectivity index (χ4n) is 4.49. The van der Waals surface area contributed by atoms with Crippen molar-refractivity contribution >= 4 is 23.7 Å². The first kappa shape index (κ1) is 31.6. The van der Waals surface area contributed by atoms with Gasteiger partial charge in [-0.2, -0.15) is 0 Å². The Hall–Kier alpha value is -3.96. The normalized spacial score (nSPS) is 18.1. The molecule has 0 aromatic heterocycles. The number of rotatable bonds is 11. The SMILES string of the molecule is CC(C)[C@H](NC(=O)[C@H](C)Oc1ccc(-c2cccc([C@@H](C)O)c2)cc1)C(=O)N[C@@H](C)C(=O)N1CCCC(C(=O)O)N1. The standard InChI is InChI=1S/C30H40N4O7/c1-17(2)26(28(37)31-18(3)29(38)34-15-7-10-25(33-34)30(39)40)32-27(36)20(5)41-24-13-11-21(12-14-24)23-9-6-8-22(16-23)19(4)35/h6,8-9,11-14,16-20,25-26,33,35H,7,10,15H2,1-5H3,(H,31,37)(H,32,36)(H,39,40)/t18-,19+,20-,25?,26-/m0/s1. The number of hydrogen-bond donors (Lipinski definition) is 5. The van der Waals surface area contributed by atoms with Crippen LogP contribution in [0.4, 0.5) is 0 Å². The number of nitrogens with one attached hydrogen (secondary N) is 3. The minimum Gasteiger partial charge on any atom is -0.481 e. The van der Waals surface area contributed by atoms with Gasteiger partial charge in [0, 0.05) is 6.54 Å². The van der Waals surface area contributed by atoms with Crippen LogP contribution in [0.2, 0.25) is 0 Å². The van der Waals surface area contributed by atoms with Gasteiger partial charge in [-0.15, -0.1) is 0 Å². The Balaban J connectivity index is 1.57. The highest BCUT2D eigenvalue weighted by atomic mass is 16.5. The van der Waals surface area contributed by atoms with Crippen LogP contribution in [0.5, 0.6) is 5.75 Å². The molecule has 5 N–H and O–H groups in total. The van der Waals surface area contributed by atoms with E-state index in [0.717, 1.165) is 16.7 Å². The van der Waals surface area contributed by atoms with Crippen LogP contribution < -0.4 is 20.8 Å². The smallest absolute Gasteiger partial charge is 0.322 e. The molecule has 5 atom stereocenters. The van der Waals surface area contributed by atoms with Crippen molar-refractivity contribution in [3.8, 4) is 16.9 Å². The number of carboxylic acid groups (broad SMARTS) is 1. The number of hydrazine groups is 1. The summed E-state index contributed by atoms with van der Waals surface area (Å²) in [5.74, 6) is -2.34. The van der Waals surface area contributed by atoms with Gasteiger partial charge in [-0.05, 0) is 74.4 Å². The number of hydrogen-bond acceptors (Lipinski definition) is 7. The molecule has 1 saturated heterocycles. The maximum absolute atomic E-state index is 13.0. The van der Waals surface area contributed by atoms with Crippen molar-refractivity contribution in [1.29, 1.82) is 0 Å². The Morgan fingerprint density at radius 2 is 1.63 bits per heavy atom. The molecule has 11 heteroatoms. The lowest BCUT2D eigenvalue weighted by Gasteiger charge is -2.34. The Bertz CT molecular complexity index is 1230. The van der Waals surface area contributed by atoms with Crippen molar-refractivity contribution in [2.24, 2.45) is 5.92 Å². The van der Waals surface area contributed by atoms with Crippen LogP contribution in [0.3, 0.4) is 0 Å². The zero-order chi connectivity index (χ0) is 30.3. The van der Waals surface area contributed by atoms with Crippen LogP contribution >= 0.6 is 0 Å². The number of ether oxygens (including phenoxy) is 1. The van der Waals surface area contributed by atoms with Crippen molar-refractivity contribution < 1.29 is 34.1 Å². The molecule has 3 amide bonds. The molecule has 1 heterocycles. The zero-order valence-electron chi connectivity index (χ0n) is 24.1. The summed E-state index contributed by atoms with van der Waals surface area (Å²) in [6, 6.07) is 12.1. The minimum atomic E-state index is -1.04. The van der Waals surface area contributed by atoms with Gasteiger partial charge in [0.1, 0.15) is 23.9 Å². The number of aliphatic hydroxyl groups is 1. The molecule has 2 aromatic carbocycles. The Labute approximate surface area is 240 Å². The summed E-state index contributed by atoms with van der Waals surface area (Å²) in [4.78, 5) is 50.1. The summed E-state index contributed by atoms with van der Waals surface area (Å²) >= 11 is 0. The van der Waals surface area contributed by atoms with Gasteiger partial charge >= 0.3 is 5.97 Å². The van der Waals surface area contributed by atoms with E-state index >= 15 is 0 Å². The van der Waals surface area contributed by atoms with Crippen molar-refractivity contribution in [1.82, 2.24) is 21.1 Å². The van der Waals surface area contributed by atoms with Gasteiger partial charge in [0.2, 0.25) is 5.91 Å². The molecule has 3 rings (SSSR count). The quantitative estimate of drug-likeness (QED) is 0.277. The average Bonchev–Trinajstić information content (AvgIpc) is 2.95. The third-order valence-electron chi connectivity index (χ3n) is 6.97. The molecule has 0 spiro atoms. The van der Waals surface area contributed by atoms with E-state index in [1.807, 2.05) is 36.4 Å². The zero-order valence-corrected chi connectivity index (χ0v) is 24.1. The van der Waals surface area contributed by atoms with E-state index in [-0.39, 0.29) is 5.92 Å². The minimum absolute atomic E-state index is 0.283. The largest absolute Gasteiger partial charge is 0.481 e. The highest BCUT2D eigenvalue weighted by Crippen LogP contribution is 2.25. The summed E-state index contributed by atoms with van der Waals surface area (Å²) in [6.07, 6.45) is -0.546. The van der Waals surface area contributed by atoms with Gasteiger partial charge in [0.05, 0.1) is 6.10 Å². The molecule has 1 unspecified atom stereocenters. The summed E-state index contributed by atoms with van der Waals surface area (Å²) in [5.41, 5.74) is 5.36. The van der Waals surface area contributed by atoms with Crippen molar-refractivity contribution in [2.75, 3.05) is 6.54 Å². The second kappa shape index (κ2) is 14.1. The van der Waals surface area contributed by atoms with Gasteiger partial charge in [-0.1, -0.05) is 44.2 Å². The molecule has 0 saturated carbocycles. The van der Waals surface area contributed by atoms with E-state index in [9.17, 15) is 29.4 Å². The number of amides is 3. The molecule has 1 aliphatic heterocycles. The molecule has 222 valence electrons. The molecule has 1 fully saturated rings. The highest BCUT2D eigenvalue weighted by molar-refractivity contribution is 5.93. The lowest BCUT2D eigenvalue weighted by atomic mass is 10.0. The second-order valence-corrected chi connectivity index (χ2v) is 10.7. The topological polar surface area (TPSA) is 157 Å². The van der Waals surface area contributed by atoms with E-state index in [1.54, 1.807) is 39.8 Å². The first-order valence-corrected chi connectivity index (χ1v) is 13.8. The predicted octanol–water partition coefficient (Wildman–Crippen LogP) is 2.40. The number of aliphatic carboxylic acids is 1. The molecule has 0 radical (unpaired) electrons. The number of carbonyl (C=O) groups is 4. The summed E-state index contributed by atoms with van der Waals surface area (Å²) in [7, 11) is 0. The fourth-order valence-corrected chi connectivity index (χ4v) is 4.49. The van der Waals surface area contributed by atoms with Crippen LogP contribution in [-0.4, -0.2) is 69.7 Å². The van der Waals surface area contributed by atoms with Crippen LogP contribution in [0.1, 0.15) is 59.1 Å². The molecular formula is C30H40N4O7. The van der Waals surface area contributed by atoms with E-state index in [2.05, 4.69) is 16.1 Å². The molecule has 11 nitrogen and oxygen atoms in total. The van der Waals surface area contributed by atoms with Crippen LogP contribution in [0.25, 0.3) is 11.1 Å². The lowest BCUT2D eigenvalue weighted by molar-refractivity contribution is -0.148. The van der Waals surface area contributed by atoms with Gasteiger partial charge in [0.15, 0.2) is 6.10 Å². The molecule has 0 bridgehead atoms. The lowest BCUT2D eigenvalue weighted by Crippen LogP contribution is -2.61. The molecule has 1 aliphatic rings. The molecule has 41 heavy (non-hydrogen) atoms. The van der Waals surface area contributed by atoms with E-state index in [0.29, 0.717) is 25.1 Å². The van der Waals surface area contributed by atoms with Crippen molar-refractivity contribution in [2.45, 2.75) is 77.8 Å². The second-order valence-electron chi connectivity index (χ2n) is 10.7. The van der Waals surface area contributed by atoms with Gasteiger partial charge < -0.3 is 25.6 Å². The Morgan fingerprint density at radius 3 is 2.24 bits per heavy atom. The van der Waals surface area contributed by atoms with Gasteiger partial charge in [-0.3, -0.25) is 24.2 Å². The highest BCUT2D eigenvalue weighted by Gasteiger charge is 2.33. The molecule has 0 aliphatic carbocycles. The Kier molecular flexibility index (Phi) is 10.8. The third-order valence-corrected chi connectivity index (χ3v) is 6.97. The average molecular weight is 569 g/mol. The summed E-state index contributed by atoms with van der Waals surface area (Å²) < 4.78 is 5.82. The van der Waals surface area contributed by atoms with Crippen LogP contribution in [-0.2, 0) is 19.2 Å². The summed E-state index contributed by atoms with van der Waals surface area (Å²) in [6.45, 7) is 8.69. The van der Waals surface area contributed by atoms with E-state index < -0.39 is 54.0 Å². The van der Waals surface area contributed by atoms with Crippen molar-refractivity contribution in [3.63, 3.8) is 0 Å². The first-order chi connectivity index (χ1) is 19.4. The number of nitrogens with zero attached hydrogens (tertiary/aromatic N) is 1. The fraction of sp³-hybridized carbons (Fsp3) is 0.467. The summed E-state index contributed by atoms with van der Waals surface area (Å²) in [5, 5.41) is 25.7. The van der Waals surface area contributed by atoms with Crippen molar-refractivity contribution in [3.05, 3.63) is 54.1 Å². The number of benzene rings is 2. The Morgan fingerprint density at radius 1 is 0.951 bits per heavy atom. The van der Waals surface area contributed by atoms with Gasteiger partial charge in [-0.25, -0.2) is 5.43 Å². The molecular weight excluding hydrogens is 528 g/mol. The molecule has 2 aromatic rings. The third kappa shape index (κ3) is 8.51.